The summed E-state index contributed by atoms with van der Waals surface area (Å²) < 4.78 is 22.4. The van der Waals surface area contributed by atoms with Crippen molar-refractivity contribution >= 4 is 34.0 Å². The van der Waals surface area contributed by atoms with E-state index < -0.39 is 0 Å². The quantitative estimate of drug-likeness (QED) is 0.121. The highest BCUT2D eigenvalue weighted by Crippen LogP contribution is 2.46. The van der Waals surface area contributed by atoms with Crippen molar-refractivity contribution in [2.75, 3.05) is 28.4 Å². The monoisotopic (exact) mass is 572 g/mol. The highest BCUT2D eigenvalue weighted by Gasteiger charge is 2.16. The molecule has 0 N–H and O–H groups in total. The fraction of sp³-hybridized carbons (Fsp3) is 0.188. The summed E-state index contributed by atoms with van der Waals surface area (Å²) in [6, 6.07) is 28.1. The van der Waals surface area contributed by atoms with Gasteiger partial charge in [0.25, 0.3) is 0 Å². The van der Waals surface area contributed by atoms with Crippen molar-refractivity contribution in [2.24, 2.45) is 9.98 Å². The first-order valence-corrected chi connectivity index (χ1v) is 14.7. The van der Waals surface area contributed by atoms with Gasteiger partial charge in [0, 0.05) is 22.2 Å². The maximum atomic E-state index is 5.60. The van der Waals surface area contributed by atoms with Crippen LogP contribution < -0.4 is 18.9 Å². The number of rotatable bonds is 13. The van der Waals surface area contributed by atoms with Gasteiger partial charge < -0.3 is 18.9 Å². The Bertz CT molecular complexity index is 1330. The molecule has 4 aromatic rings. The number of hydrogen-bond donors (Lipinski definition) is 0. The van der Waals surface area contributed by atoms with E-state index in [9.17, 15) is 0 Å². The van der Waals surface area contributed by atoms with Gasteiger partial charge in [0.15, 0.2) is 23.0 Å². The van der Waals surface area contributed by atoms with Crippen LogP contribution in [0.3, 0.4) is 0 Å². The van der Waals surface area contributed by atoms with Gasteiger partial charge in [-0.3, -0.25) is 9.98 Å². The molecule has 0 radical (unpaired) electrons. The van der Waals surface area contributed by atoms with Crippen LogP contribution in [0.2, 0.25) is 0 Å². The van der Waals surface area contributed by atoms with Gasteiger partial charge in [0.1, 0.15) is 0 Å². The molecule has 6 nitrogen and oxygen atoms in total. The van der Waals surface area contributed by atoms with Crippen LogP contribution in [-0.2, 0) is 13.1 Å². The molecule has 40 heavy (non-hydrogen) atoms. The summed E-state index contributed by atoms with van der Waals surface area (Å²) in [5.41, 5.74) is 4.17. The molecular weight excluding hydrogens is 540 g/mol. The predicted molar refractivity (Wildman–Crippen MR) is 166 cm³/mol. The van der Waals surface area contributed by atoms with Crippen molar-refractivity contribution in [3.63, 3.8) is 0 Å². The summed E-state index contributed by atoms with van der Waals surface area (Å²) in [6.07, 6.45) is 3.77. The Kier molecular flexibility index (Phi) is 11.0. The average Bonchev–Trinajstić information content (AvgIpc) is 3.01. The maximum Gasteiger partial charge on any atom is 0.161 e. The number of ether oxygens (including phenoxy) is 4. The minimum Gasteiger partial charge on any atom is -0.493 e. The Morgan fingerprint density at radius 3 is 1.23 bits per heavy atom. The van der Waals surface area contributed by atoms with Crippen molar-refractivity contribution < 1.29 is 18.9 Å². The molecule has 0 atom stereocenters. The zero-order chi connectivity index (χ0) is 28.2. The minimum atomic E-state index is 0.498. The van der Waals surface area contributed by atoms with Crippen LogP contribution >= 0.6 is 21.6 Å². The van der Waals surface area contributed by atoms with Crippen LogP contribution in [0.4, 0.5) is 0 Å². The molecule has 0 aliphatic carbocycles. The second kappa shape index (κ2) is 15.1. The number of benzene rings is 4. The first kappa shape index (κ1) is 29.1. The maximum absolute atomic E-state index is 5.60. The van der Waals surface area contributed by atoms with E-state index in [-0.39, 0.29) is 0 Å². The van der Waals surface area contributed by atoms with E-state index in [4.69, 9.17) is 28.9 Å². The summed E-state index contributed by atoms with van der Waals surface area (Å²) in [5, 5.41) is 0. The molecule has 0 saturated heterocycles. The summed E-state index contributed by atoms with van der Waals surface area (Å²) in [5.74, 6) is 2.68. The standard InChI is InChI=1S/C32H32N2O4S2/c1-35-27-15-25(21-33-19-23-11-7-5-8-12-23)31(17-29(27)37-3)39-40-32-18-30(38-4)28(36-2)16-26(32)22-34-20-24-13-9-6-10-14-24/h5-20H,21-22H2,1-4H3. The Balaban J connectivity index is 1.61. The topological polar surface area (TPSA) is 61.6 Å². The lowest BCUT2D eigenvalue weighted by Crippen LogP contribution is -1.96. The van der Waals surface area contributed by atoms with Gasteiger partial charge in [-0.25, -0.2) is 0 Å². The lowest BCUT2D eigenvalue weighted by atomic mass is 10.2. The fourth-order valence-electron chi connectivity index (χ4n) is 3.87. The SMILES string of the molecule is COc1cc(CN=Cc2ccccc2)c(SSc2cc(OC)c(OC)cc2CN=Cc2ccccc2)cc1OC. The Morgan fingerprint density at radius 1 is 0.525 bits per heavy atom. The van der Waals surface area contributed by atoms with Crippen LogP contribution in [0.25, 0.3) is 0 Å². The van der Waals surface area contributed by atoms with Crippen molar-refractivity contribution in [1.29, 1.82) is 0 Å². The normalized spacial score (nSPS) is 11.2. The third kappa shape index (κ3) is 7.83. The molecule has 0 heterocycles. The smallest absolute Gasteiger partial charge is 0.161 e. The molecule has 0 spiro atoms. The van der Waals surface area contributed by atoms with Crippen molar-refractivity contribution in [2.45, 2.75) is 22.9 Å². The van der Waals surface area contributed by atoms with Crippen LogP contribution in [0.1, 0.15) is 22.3 Å². The van der Waals surface area contributed by atoms with Crippen molar-refractivity contribution in [3.8, 4) is 23.0 Å². The summed E-state index contributed by atoms with van der Waals surface area (Å²) in [7, 11) is 9.83. The van der Waals surface area contributed by atoms with Crippen molar-refractivity contribution in [1.82, 2.24) is 0 Å². The highest BCUT2D eigenvalue weighted by molar-refractivity contribution is 8.76. The Morgan fingerprint density at radius 2 is 0.875 bits per heavy atom. The lowest BCUT2D eigenvalue weighted by molar-refractivity contribution is 0.353. The first-order valence-electron chi connectivity index (χ1n) is 12.6. The largest absolute Gasteiger partial charge is 0.493 e. The Hall–Kier alpha value is -3.88. The van der Waals surface area contributed by atoms with E-state index in [1.807, 2.05) is 97.4 Å². The van der Waals surface area contributed by atoms with Crippen LogP contribution in [0.5, 0.6) is 23.0 Å². The van der Waals surface area contributed by atoms with E-state index in [2.05, 4.69) is 0 Å². The molecule has 0 aliphatic heterocycles. The van der Waals surface area contributed by atoms with Crippen LogP contribution in [0, 0.1) is 0 Å². The molecular formula is C32H32N2O4S2. The van der Waals surface area contributed by atoms with Gasteiger partial charge in [-0.15, -0.1) is 0 Å². The van der Waals surface area contributed by atoms with E-state index >= 15 is 0 Å². The molecule has 8 heteroatoms. The van der Waals surface area contributed by atoms with Gasteiger partial charge in [-0.05, 0) is 46.5 Å². The second-order valence-electron chi connectivity index (χ2n) is 8.56. The minimum absolute atomic E-state index is 0.498. The van der Waals surface area contributed by atoms with Crippen LogP contribution in [-0.4, -0.2) is 40.9 Å². The molecule has 0 amide bonds. The van der Waals surface area contributed by atoms with Gasteiger partial charge in [0.05, 0.1) is 41.5 Å². The third-order valence-electron chi connectivity index (χ3n) is 5.96. The molecule has 0 fully saturated rings. The van der Waals surface area contributed by atoms with E-state index in [1.165, 1.54) is 0 Å². The molecule has 4 rings (SSSR count). The first-order chi connectivity index (χ1) is 19.6. The van der Waals surface area contributed by atoms with Crippen LogP contribution in [0.15, 0.2) is 105 Å². The van der Waals surface area contributed by atoms with Gasteiger partial charge in [0.2, 0.25) is 0 Å². The van der Waals surface area contributed by atoms with Gasteiger partial charge in [-0.2, -0.15) is 0 Å². The third-order valence-corrected chi connectivity index (χ3v) is 8.49. The molecule has 4 aromatic carbocycles. The second-order valence-corrected chi connectivity index (χ2v) is 10.8. The Labute approximate surface area is 243 Å². The van der Waals surface area contributed by atoms with E-state index in [0.717, 1.165) is 32.0 Å². The van der Waals surface area contributed by atoms with Crippen molar-refractivity contribution in [3.05, 3.63) is 107 Å². The van der Waals surface area contributed by atoms with Gasteiger partial charge in [-0.1, -0.05) is 82.3 Å². The molecule has 0 saturated carbocycles. The number of aliphatic imine (C=N–C) groups is 2. The molecule has 0 aliphatic rings. The highest BCUT2D eigenvalue weighted by atomic mass is 33.1. The predicted octanol–water partition coefficient (Wildman–Crippen LogP) is 7.76. The zero-order valence-corrected chi connectivity index (χ0v) is 24.6. The number of hydrogen-bond acceptors (Lipinski definition) is 8. The molecule has 0 unspecified atom stereocenters. The molecule has 206 valence electrons. The zero-order valence-electron chi connectivity index (χ0n) is 23.0. The average molecular weight is 573 g/mol. The summed E-state index contributed by atoms with van der Waals surface area (Å²) in [4.78, 5) is 11.4. The van der Waals surface area contributed by atoms with E-state index in [0.29, 0.717) is 36.1 Å². The fourth-order valence-corrected chi connectivity index (χ4v) is 6.29. The summed E-state index contributed by atoms with van der Waals surface area (Å²) in [6.45, 7) is 0.997. The lowest BCUT2D eigenvalue weighted by Gasteiger charge is -2.16. The molecule has 0 bridgehead atoms. The van der Waals surface area contributed by atoms with E-state index in [1.54, 1.807) is 50.0 Å². The van der Waals surface area contributed by atoms with Gasteiger partial charge >= 0.3 is 0 Å². The number of methoxy groups -OCH3 is 4. The summed E-state index contributed by atoms with van der Waals surface area (Å²) >= 11 is 0. The number of nitrogens with zero attached hydrogens (tertiary/aromatic N) is 2. The molecule has 0 aromatic heterocycles.